The second-order valence-corrected chi connectivity index (χ2v) is 6.47. The largest absolute Gasteiger partial charge is 0.380 e. The van der Waals surface area contributed by atoms with Crippen molar-refractivity contribution in [3.05, 3.63) is 58.4 Å². The van der Waals surface area contributed by atoms with Gasteiger partial charge < -0.3 is 19.5 Å². The molecule has 0 radical (unpaired) electrons. The van der Waals surface area contributed by atoms with Crippen LogP contribution in [0.5, 0.6) is 0 Å². The second-order valence-electron chi connectivity index (χ2n) is 6.04. The predicted octanol–water partition coefficient (Wildman–Crippen LogP) is 3.42. The Morgan fingerprint density at radius 2 is 1.96 bits per heavy atom. The molecule has 0 saturated heterocycles. The number of aromatic nitrogens is 1. The van der Waals surface area contributed by atoms with Gasteiger partial charge in [0.05, 0.1) is 24.7 Å². The van der Waals surface area contributed by atoms with Gasteiger partial charge >= 0.3 is 0 Å². The third-order valence-corrected chi connectivity index (χ3v) is 4.12. The Kier molecular flexibility index (Phi) is 7.34. The first-order valence-electron chi connectivity index (χ1n) is 8.40. The minimum Gasteiger partial charge on any atom is -0.380 e. The van der Waals surface area contributed by atoms with Gasteiger partial charge in [-0.05, 0) is 24.1 Å². The van der Waals surface area contributed by atoms with Crippen LogP contribution in [0, 0.1) is 0 Å². The fourth-order valence-corrected chi connectivity index (χ4v) is 2.86. The van der Waals surface area contributed by atoms with E-state index in [1.54, 1.807) is 7.11 Å². The van der Waals surface area contributed by atoms with E-state index < -0.39 is 0 Å². The lowest BCUT2D eigenvalue weighted by molar-refractivity contribution is 0.185. The molecule has 2 rings (SSSR count). The average Bonchev–Trinajstić information content (AvgIpc) is 2.90. The monoisotopic (exact) mass is 362 g/mol. The number of aryl methyl sites for hydroxylation is 1. The van der Waals surface area contributed by atoms with Gasteiger partial charge in [0.15, 0.2) is 5.96 Å². The van der Waals surface area contributed by atoms with Crippen molar-refractivity contribution in [2.45, 2.75) is 26.6 Å². The van der Waals surface area contributed by atoms with Crippen molar-refractivity contribution in [1.82, 2.24) is 14.8 Å². The number of rotatable bonds is 7. The molecule has 2 aromatic rings. The van der Waals surface area contributed by atoms with Gasteiger partial charge in [0, 0.05) is 39.6 Å². The highest BCUT2D eigenvalue weighted by atomic mass is 35.5. The zero-order chi connectivity index (χ0) is 18.2. The van der Waals surface area contributed by atoms with Crippen LogP contribution in [0.25, 0.3) is 0 Å². The van der Waals surface area contributed by atoms with Crippen LogP contribution >= 0.6 is 11.6 Å². The van der Waals surface area contributed by atoms with Crippen molar-refractivity contribution in [1.29, 1.82) is 0 Å². The molecule has 6 heteroatoms. The Balaban J connectivity index is 2.04. The van der Waals surface area contributed by atoms with Crippen LogP contribution in [-0.2, 0) is 31.5 Å². The molecule has 0 atom stereocenters. The SMILES string of the molecule is CCNC(=NCc1ccc(COC)cc1)N(C)Cc1cc(Cl)cn1C. The molecule has 1 aromatic carbocycles. The van der Waals surface area contributed by atoms with E-state index in [0.717, 1.165) is 29.8 Å². The summed E-state index contributed by atoms with van der Waals surface area (Å²) >= 11 is 6.07. The van der Waals surface area contributed by atoms with Gasteiger partial charge in [-0.25, -0.2) is 4.99 Å². The molecule has 25 heavy (non-hydrogen) atoms. The van der Waals surface area contributed by atoms with E-state index in [1.165, 1.54) is 11.1 Å². The maximum atomic E-state index is 6.07. The van der Waals surface area contributed by atoms with E-state index in [1.807, 2.05) is 30.9 Å². The van der Waals surface area contributed by atoms with E-state index in [2.05, 4.69) is 41.4 Å². The summed E-state index contributed by atoms with van der Waals surface area (Å²) in [6.07, 6.45) is 1.91. The average molecular weight is 363 g/mol. The smallest absolute Gasteiger partial charge is 0.194 e. The van der Waals surface area contributed by atoms with E-state index in [9.17, 15) is 0 Å². The number of nitrogens with one attached hydrogen (secondary N) is 1. The molecule has 136 valence electrons. The first-order valence-corrected chi connectivity index (χ1v) is 8.78. The fraction of sp³-hybridized carbons (Fsp3) is 0.421. The molecule has 0 aliphatic rings. The molecule has 1 aromatic heterocycles. The maximum absolute atomic E-state index is 6.07. The standard InChI is InChI=1S/C19H27ClN4O/c1-5-21-19(24(3)13-18-10-17(20)12-23(18)2)22-11-15-6-8-16(9-7-15)14-25-4/h6-10,12H,5,11,13-14H2,1-4H3,(H,21,22). The molecule has 0 aliphatic carbocycles. The van der Waals surface area contributed by atoms with E-state index in [0.29, 0.717) is 13.2 Å². The topological polar surface area (TPSA) is 41.8 Å². The summed E-state index contributed by atoms with van der Waals surface area (Å²) in [4.78, 5) is 6.86. The summed E-state index contributed by atoms with van der Waals surface area (Å²) < 4.78 is 7.18. The Morgan fingerprint density at radius 3 is 2.52 bits per heavy atom. The molecular formula is C19H27ClN4O. The molecule has 0 amide bonds. The highest BCUT2D eigenvalue weighted by molar-refractivity contribution is 6.30. The Hall–Kier alpha value is -1.98. The highest BCUT2D eigenvalue weighted by Crippen LogP contribution is 2.14. The van der Waals surface area contributed by atoms with E-state index in [4.69, 9.17) is 21.3 Å². The van der Waals surface area contributed by atoms with Crippen LogP contribution in [-0.4, -0.2) is 36.1 Å². The number of benzene rings is 1. The van der Waals surface area contributed by atoms with Crippen molar-refractivity contribution in [3.63, 3.8) is 0 Å². The minimum absolute atomic E-state index is 0.633. The van der Waals surface area contributed by atoms with Gasteiger partial charge in [-0.15, -0.1) is 0 Å². The van der Waals surface area contributed by atoms with Gasteiger partial charge in [0.25, 0.3) is 0 Å². The molecule has 0 unspecified atom stereocenters. The lowest BCUT2D eigenvalue weighted by Gasteiger charge is -2.22. The summed E-state index contributed by atoms with van der Waals surface area (Å²) in [6, 6.07) is 10.3. The molecule has 0 aliphatic heterocycles. The van der Waals surface area contributed by atoms with Crippen molar-refractivity contribution in [2.75, 3.05) is 20.7 Å². The zero-order valence-corrected chi connectivity index (χ0v) is 16.2. The van der Waals surface area contributed by atoms with Gasteiger partial charge in [0.2, 0.25) is 0 Å². The summed E-state index contributed by atoms with van der Waals surface area (Å²) in [6.45, 7) is 4.90. The summed E-state index contributed by atoms with van der Waals surface area (Å²) in [5.41, 5.74) is 3.48. The van der Waals surface area contributed by atoms with Crippen LogP contribution in [0.4, 0.5) is 0 Å². The molecule has 0 spiro atoms. The van der Waals surface area contributed by atoms with Crippen LogP contribution in [0.1, 0.15) is 23.7 Å². The number of guanidine groups is 1. The lowest BCUT2D eigenvalue weighted by Crippen LogP contribution is -2.38. The number of ether oxygens (including phenoxy) is 1. The zero-order valence-electron chi connectivity index (χ0n) is 15.4. The predicted molar refractivity (Wildman–Crippen MR) is 104 cm³/mol. The van der Waals surface area contributed by atoms with Crippen LogP contribution < -0.4 is 5.32 Å². The molecule has 0 fully saturated rings. The van der Waals surface area contributed by atoms with Crippen LogP contribution in [0.2, 0.25) is 5.02 Å². The first kappa shape index (κ1) is 19.3. The Labute approximate surface area is 155 Å². The third kappa shape index (κ3) is 5.80. The number of hydrogen-bond acceptors (Lipinski definition) is 2. The van der Waals surface area contributed by atoms with Crippen molar-refractivity contribution >= 4 is 17.6 Å². The molecular weight excluding hydrogens is 336 g/mol. The number of nitrogens with zero attached hydrogens (tertiary/aromatic N) is 3. The fourth-order valence-electron chi connectivity index (χ4n) is 2.58. The maximum Gasteiger partial charge on any atom is 0.194 e. The second kappa shape index (κ2) is 9.49. The third-order valence-electron chi connectivity index (χ3n) is 3.92. The first-order chi connectivity index (χ1) is 12.0. The van der Waals surface area contributed by atoms with Gasteiger partial charge in [-0.3, -0.25) is 0 Å². The summed E-state index contributed by atoms with van der Waals surface area (Å²) in [5.74, 6) is 0.876. The van der Waals surface area contributed by atoms with Crippen molar-refractivity contribution in [3.8, 4) is 0 Å². The highest BCUT2D eigenvalue weighted by Gasteiger charge is 2.09. The molecule has 1 heterocycles. The number of halogens is 1. The quantitative estimate of drug-likeness (QED) is 0.606. The normalized spacial score (nSPS) is 11.6. The molecule has 5 nitrogen and oxygen atoms in total. The van der Waals surface area contributed by atoms with E-state index in [-0.39, 0.29) is 0 Å². The van der Waals surface area contributed by atoms with Crippen LogP contribution in [0.15, 0.2) is 41.5 Å². The van der Waals surface area contributed by atoms with Gasteiger partial charge in [0.1, 0.15) is 0 Å². The molecule has 0 saturated carbocycles. The number of aliphatic imine (C=N–C) groups is 1. The molecule has 1 N–H and O–H groups in total. The summed E-state index contributed by atoms with van der Waals surface area (Å²) in [7, 11) is 5.74. The van der Waals surface area contributed by atoms with Crippen molar-refractivity contribution < 1.29 is 4.74 Å². The summed E-state index contributed by atoms with van der Waals surface area (Å²) in [5, 5.41) is 4.10. The molecule has 0 bridgehead atoms. The number of methoxy groups -OCH3 is 1. The van der Waals surface area contributed by atoms with Gasteiger partial charge in [-0.1, -0.05) is 35.9 Å². The Morgan fingerprint density at radius 1 is 1.28 bits per heavy atom. The van der Waals surface area contributed by atoms with Gasteiger partial charge in [-0.2, -0.15) is 0 Å². The number of hydrogen-bond donors (Lipinski definition) is 1. The van der Waals surface area contributed by atoms with Crippen LogP contribution in [0.3, 0.4) is 0 Å². The van der Waals surface area contributed by atoms with E-state index >= 15 is 0 Å². The minimum atomic E-state index is 0.633. The Bertz CT molecular complexity index is 694. The van der Waals surface area contributed by atoms with Crippen molar-refractivity contribution in [2.24, 2.45) is 12.0 Å². The lowest BCUT2D eigenvalue weighted by atomic mass is 10.1.